The van der Waals surface area contributed by atoms with E-state index in [9.17, 15) is 4.79 Å². The Morgan fingerprint density at radius 2 is 2.16 bits per heavy atom. The predicted octanol–water partition coefficient (Wildman–Crippen LogP) is 4.11. The van der Waals surface area contributed by atoms with E-state index in [0.29, 0.717) is 17.3 Å². The molecule has 0 unspecified atom stereocenters. The van der Waals surface area contributed by atoms with Crippen LogP contribution in [0.5, 0.6) is 0 Å². The fourth-order valence-corrected chi connectivity index (χ4v) is 2.59. The zero-order chi connectivity index (χ0) is 13.8. The second-order valence-electron chi connectivity index (χ2n) is 4.27. The minimum atomic E-state index is 0.411. The number of hydrogen-bond acceptors (Lipinski definition) is 2. The third kappa shape index (κ3) is 3.07. The maximum absolute atomic E-state index is 11.1. The van der Waals surface area contributed by atoms with Gasteiger partial charge >= 0.3 is 0 Å². The van der Waals surface area contributed by atoms with Crippen molar-refractivity contribution in [3.05, 3.63) is 50.7 Å². The van der Waals surface area contributed by atoms with Crippen LogP contribution in [0.15, 0.2) is 28.7 Å². The highest BCUT2D eigenvalue weighted by Crippen LogP contribution is 2.23. The predicted molar refractivity (Wildman–Crippen MR) is 79.9 cm³/mol. The Kier molecular flexibility index (Phi) is 4.77. The number of aromatic nitrogens is 2. The third-order valence-corrected chi connectivity index (χ3v) is 4.06. The Balaban J connectivity index is 2.36. The molecule has 0 saturated heterocycles. The molecule has 0 fully saturated rings. The molecule has 100 valence electrons. The van der Waals surface area contributed by atoms with Gasteiger partial charge in [0.25, 0.3) is 0 Å². The molecule has 2 aromatic rings. The average Bonchev–Trinajstić information content (AvgIpc) is 2.69. The maximum atomic E-state index is 11.1. The summed E-state index contributed by atoms with van der Waals surface area (Å²) < 4.78 is 2.68. The average molecular weight is 342 g/mol. The lowest BCUT2D eigenvalue weighted by atomic mass is 10.2. The topological polar surface area (TPSA) is 34.9 Å². The van der Waals surface area contributed by atoms with Crippen molar-refractivity contribution in [1.29, 1.82) is 0 Å². The van der Waals surface area contributed by atoms with Crippen LogP contribution in [-0.4, -0.2) is 16.1 Å². The lowest BCUT2D eigenvalue weighted by molar-refractivity contribution is 0.112. The number of carbonyl (C=O) groups is 1. The van der Waals surface area contributed by atoms with Gasteiger partial charge in [-0.2, -0.15) is 5.10 Å². The van der Waals surface area contributed by atoms with E-state index < -0.39 is 0 Å². The van der Waals surface area contributed by atoms with Gasteiger partial charge in [-0.3, -0.25) is 4.79 Å². The van der Waals surface area contributed by atoms with Crippen LogP contribution in [-0.2, 0) is 13.0 Å². The van der Waals surface area contributed by atoms with Gasteiger partial charge in [0.2, 0.25) is 0 Å². The minimum Gasteiger partial charge on any atom is -0.298 e. The number of halogens is 2. The molecule has 1 heterocycles. The van der Waals surface area contributed by atoms with Crippen LogP contribution in [0.25, 0.3) is 0 Å². The van der Waals surface area contributed by atoms with E-state index in [1.165, 1.54) is 0 Å². The first-order valence-corrected chi connectivity index (χ1v) is 7.28. The van der Waals surface area contributed by atoms with E-state index in [2.05, 4.69) is 28.0 Å². The Morgan fingerprint density at radius 3 is 2.79 bits per heavy atom. The van der Waals surface area contributed by atoms with E-state index in [0.717, 1.165) is 34.9 Å². The normalized spacial score (nSPS) is 10.7. The molecule has 5 heteroatoms. The molecule has 3 nitrogen and oxygen atoms in total. The Hall–Kier alpha value is -1.13. The first-order chi connectivity index (χ1) is 9.17. The SMILES string of the molecule is CCCc1nn(Cc2ccccc2Br)c(Cl)c1C=O. The van der Waals surface area contributed by atoms with Crippen molar-refractivity contribution < 1.29 is 4.79 Å². The number of rotatable bonds is 5. The van der Waals surface area contributed by atoms with Crippen LogP contribution in [0.2, 0.25) is 5.15 Å². The Morgan fingerprint density at radius 1 is 1.42 bits per heavy atom. The van der Waals surface area contributed by atoms with Gasteiger partial charge in [-0.15, -0.1) is 0 Å². The smallest absolute Gasteiger partial charge is 0.155 e. The zero-order valence-corrected chi connectivity index (χ0v) is 12.9. The summed E-state index contributed by atoms with van der Waals surface area (Å²) in [6.45, 7) is 2.60. The largest absolute Gasteiger partial charge is 0.298 e. The molecule has 0 saturated carbocycles. The van der Waals surface area contributed by atoms with Crippen molar-refractivity contribution in [2.24, 2.45) is 0 Å². The third-order valence-electron chi connectivity index (χ3n) is 2.88. The van der Waals surface area contributed by atoms with E-state index in [4.69, 9.17) is 11.6 Å². The number of carbonyl (C=O) groups excluding carboxylic acids is 1. The number of nitrogens with zero attached hydrogens (tertiary/aromatic N) is 2. The fraction of sp³-hybridized carbons (Fsp3) is 0.286. The van der Waals surface area contributed by atoms with Gasteiger partial charge in [0.1, 0.15) is 5.15 Å². The van der Waals surface area contributed by atoms with Crippen LogP contribution in [0.3, 0.4) is 0 Å². The van der Waals surface area contributed by atoms with Crippen LogP contribution >= 0.6 is 27.5 Å². The molecule has 0 aliphatic rings. The van der Waals surface area contributed by atoms with Crippen LogP contribution in [0, 0.1) is 0 Å². The highest BCUT2D eigenvalue weighted by molar-refractivity contribution is 9.10. The molecule has 0 spiro atoms. The summed E-state index contributed by atoms with van der Waals surface area (Å²) in [7, 11) is 0. The van der Waals surface area contributed by atoms with Crippen LogP contribution < -0.4 is 0 Å². The van der Waals surface area contributed by atoms with Crippen molar-refractivity contribution in [1.82, 2.24) is 9.78 Å². The van der Waals surface area contributed by atoms with Crippen molar-refractivity contribution in [2.45, 2.75) is 26.3 Å². The minimum absolute atomic E-state index is 0.411. The molecule has 0 atom stereocenters. The quantitative estimate of drug-likeness (QED) is 0.767. The van der Waals surface area contributed by atoms with Gasteiger partial charge in [-0.25, -0.2) is 4.68 Å². The van der Waals surface area contributed by atoms with E-state index in [1.807, 2.05) is 24.3 Å². The summed E-state index contributed by atoms with van der Waals surface area (Å²) in [4.78, 5) is 11.1. The summed E-state index contributed by atoms with van der Waals surface area (Å²) in [5.41, 5.74) is 2.36. The van der Waals surface area contributed by atoms with Crippen molar-refractivity contribution in [2.75, 3.05) is 0 Å². The Labute approximate surface area is 125 Å². The fourth-order valence-electron chi connectivity index (χ4n) is 1.93. The molecule has 1 aromatic carbocycles. The molecule has 0 aliphatic heterocycles. The van der Waals surface area contributed by atoms with Gasteiger partial charge in [0, 0.05) is 4.47 Å². The molecule has 0 aliphatic carbocycles. The summed E-state index contributed by atoms with van der Waals surface area (Å²) in [5.74, 6) is 0. The first-order valence-electron chi connectivity index (χ1n) is 6.11. The highest BCUT2D eigenvalue weighted by atomic mass is 79.9. The number of aldehydes is 1. The molecule has 0 radical (unpaired) electrons. The lowest BCUT2D eigenvalue weighted by Gasteiger charge is -2.05. The van der Waals surface area contributed by atoms with E-state index >= 15 is 0 Å². The summed E-state index contributed by atoms with van der Waals surface area (Å²) >= 11 is 9.72. The number of aryl methyl sites for hydroxylation is 1. The second-order valence-corrected chi connectivity index (χ2v) is 5.48. The number of hydrogen-bond donors (Lipinski definition) is 0. The summed E-state index contributed by atoms with van der Waals surface area (Å²) in [6, 6.07) is 7.89. The maximum Gasteiger partial charge on any atom is 0.155 e. The molecule has 2 rings (SSSR count). The van der Waals surface area contributed by atoms with Crippen molar-refractivity contribution in [3.63, 3.8) is 0 Å². The van der Waals surface area contributed by atoms with Gasteiger partial charge in [-0.05, 0) is 18.1 Å². The monoisotopic (exact) mass is 340 g/mol. The zero-order valence-electron chi connectivity index (χ0n) is 10.6. The van der Waals surface area contributed by atoms with Gasteiger partial charge in [-0.1, -0.05) is 59.1 Å². The number of benzene rings is 1. The molecular weight excluding hydrogens is 328 g/mol. The Bertz CT molecular complexity index is 595. The summed E-state index contributed by atoms with van der Waals surface area (Å²) in [6.07, 6.45) is 2.48. The van der Waals surface area contributed by atoms with E-state index in [1.54, 1.807) is 4.68 Å². The molecule has 0 N–H and O–H groups in total. The van der Waals surface area contributed by atoms with Gasteiger partial charge in [0.05, 0.1) is 17.8 Å². The molecule has 1 aromatic heterocycles. The van der Waals surface area contributed by atoms with Crippen LogP contribution in [0.1, 0.15) is 35.0 Å². The second kappa shape index (κ2) is 6.35. The van der Waals surface area contributed by atoms with Gasteiger partial charge in [0.15, 0.2) is 6.29 Å². The van der Waals surface area contributed by atoms with Gasteiger partial charge < -0.3 is 0 Å². The summed E-state index contributed by atoms with van der Waals surface area (Å²) in [5, 5.41) is 4.85. The molecule has 0 bridgehead atoms. The van der Waals surface area contributed by atoms with Crippen LogP contribution in [0.4, 0.5) is 0 Å². The van der Waals surface area contributed by atoms with Crippen molar-refractivity contribution in [3.8, 4) is 0 Å². The highest BCUT2D eigenvalue weighted by Gasteiger charge is 2.15. The molecule has 0 amide bonds. The molecular formula is C14H14BrClN2O. The van der Waals surface area contributed by atoms with Crippen molar-refractivity contribution >= 4 is 33.8 Å². The standard InChI is InChI=1S/C14H14BrClN2O/c1-2-5-13-11(9-19)14(16)18(17-13)8-10-6-3-4-7-12(10)15/h3-4,6-7,9H,2,5,8H2,1H3. The first kappa shape index (κ1) is 14.3. The lowest BCUT2D eigenvalue weighted by Crippen LogP contribution is -2.03. The van der Waals surface area contributed by atoms with E-state index in [-0.39, 0.29) is 0 Å². The molecule has 19 heavy (non-hydrogen) atoms.